The summed E-state index contributed by atoms with van der Waals surface area (Å²) in [4.78, 5) is 36.7. The fourth-order valence-corrected chi connectivity index (χ4v) is 2.97. The van der Waals surface area contributed by atoms with Crippen molar-refractivity contribution < 1.29 is 19.5 Å². The van der Waals surface area contributed by atoms with Gasteiger partial charge in [-0.15, -0.1) is 11.3 Å². The van der Waals surface area contributed by atoms with Crippen molar-refractivity contribution in [1.82, 2.24) is 4.90 Å². The van der Waals surface area contributed by atoms with E-state index in [9.17, 15) is 14.4 Å². The van der Waals surface area contributed by atoms with Crippen LogP contribution in [0.2, 0.25) is 0 Å². The fourth-order valence-electron chi connectivity index (χ4n) is 2.12. The Morgan fingerprint density at radius 2 is 1.95 bits per heavy atom. The maximum atomic E-state index is 12.0. The van der Waals surface area contributed by atoms with E-state index >= 15 is 0 Å². The third kappa shape index (κ3) is 2.65. The van der Waals surface area contributed by atoms with Gasteiger partial charge >= 0.3 is 5.97 Å². The second kappa shape index (κ2) is 5.58. The molecule has 20 heavy (non-hydrogen) atoms. The van der Waals surface area contributed by atoms with Crippen molar-refractivity contribution in [3.05, 3.63) is 28.0 Å². The number of hydrogen-bond donors (Lipinski definition) is 1. The van der Waals surface area contributed by atoms with E-state index in [1.807, 2.05) is 5.38 Å². The molecule has 1 saturated heterocycles. The van der Waals surface area contributed by atoms with Crippen LogP contribution in [0.1, 0.15) is 24.3 Å². The van der Waals surface area contributed by atoms with Gasteiger partial charge in [0.1, 0.15) is 0 Å². The summed E-state index contributed by atoms with van der Waals surface area (Å²) >= 11 is 1.40. The number of imide groups is 1. The molecule has 0 saturated carbocycles. The molecule has 106 valence electrons. The zero-order chi connectivity index (χ0) is 14.9. The van der Waals surface area contributed by atoms with Gasteiger partial charge in [-0.05, 0) is 23.1 Å². The molecule has 1 aromatic rings. The van der Waals surface area contributed by atoms with Crippen LogP contribution < -0.4 is 0 Å². The van der Waals surface area contributed by atoms with Gasteiger partial charge in [0.15, 0.2) is 0 Å². The van der Waals surface area contributed by atoms with Crippen molar-refractivity contribution in [2.24, 2.45) is 11.8 Å². The molecule has 2 atom stereocenters. The Morgan fingerprint density at radius 3 is 2.50 bits per heavy atom. The third-order valence-electron chi connectivity index (χ3n) is 3.55. The van der Waals surface area contributed by atoms with Gasteiger partial charge < -0.3 is 5.11 Å². The van der Waals surface area contributed by atoms with Gasteiger partial charge in [0.2, 0.25) is 11.8 Å². The summed E-state index contributed by atoms with van der Waals surface area (Å²) in [6.45, 7) is 3.72. The fraction of sp³-hybridized carbons (Fsp3) is 0.357. The second-order valence-electron chi connectivity index (χ2n) is 4.81. The normalized spacial score (nSPS) is 23.0. The van der Waals surface area contributed by atoms with Crippen molar-refractivity contribution >= 4 is 35.2 Å². The highest BCUT2D eigenvalue weighted by Gasteiger charge is 2.42. The molecule has 0 spiro atoms. The van der Waals surface area contributed by atoms with Crippen LogP contribution in [0.3, 0.4) is 0 Å². The average molecular weight is 293 g/mol. The van der Waals surface area contributed by atoms with Gasteiger partial charge in [-0.25, -0.2) is 4.79 Å². The molecule has 1 aliphatic heterocycles. The number of carbonyl (C=O) groups is 3. The van der Waals surface area contributed by atoms with Gasteiger partial charge in [0.05, 0.1) is 6.54 Å². The third-order valence-corrected chi connectivity index (χ3v) is 4.47. The van der Waals surface area contributed by atoms with Crippen LogP contribution in [0, 0.1) is 11.8 Å². The van der Waals surface area contributed by atoms with Gasteiger partial charge in [-0.2, -0.15) is 0 Å². The lowest BCUT2D eigenvalue weighted by Gasteiger charge is -2.14. The molecule has 0 radical (unpaired) electrons. The van der Waals surface area contributed by atoms with Crippen molar-refractivity contribution in [1.29, 1.82) is 0 Å². The Hall–Kier alpha value is -1.95. The standard InChI is InChI=1S/C14H15NO4S/c1-8-9(2)14(19)15(13(8)18)7-11-10(5-6-20-11)3-4-12(16)17/h3-6,8-9H,7H2,1-2H3,(H,16,17). The van der Waals surface area contributed by atoms with Crippen LogP contribution in [-0.4, -0.2) is 27.8 Å². The number of nitrogens with zero attached hydrogens (tertiary/aromatic N) is 1. The predicted molar refractivity (Wildman–Crippen MR) is 74.9 cm³/mol. The molecular formula is C14H15NO4S. The average Bonchev–Trinajstić information content (AvgIpc) is 2.92. The van der Waals surface area contributed by atoms with Gasteiger partial charge in [-0.3, -0.25) is 14.5 Å². The lowest BCUT2D eigenvalue weighted by atomic mass is 10.00. The van der Waals surface area contributed by atoms with Gasteiger partial charge in [0.25, 0.3) is 0 Å². The second-order valence-corrected chi connectivity index (χ2v) is 5.81. The highest BCUT2D eigenvalue weighted by molar-refractivity contribution is 7.10. The first-order chi connectivity index (χ1) is 9.41. The van der Waals surface area contributed by atoms with E-state index in [2.05, 4.69) is 0 Å². The molecule has 1 fully saturated rings. The number of carboxylic acid groups (broad SMARTS) is 1. The minimum atomic E-state index is -1.03. The number of rotatable bonds is 4. The van der Waals surface area contributed by atoms with E-state index in [4.69, 9.17) is 5.11 Å². The van der Waals surface area contributed by atoms with E-state index in [-0.39, 0.29) is 30.2 Å². The molecule has 2 heterocycles. The lowest BCUT2D eigenvalue weighted by Crippen LogP contribution is -2.30. The topological polar surface area (TPSA) is 74.7 Å². The zero-order valence-corrected chi connectivity index (χ0v) is 12.0. The summed E-state index contributed by atoms with van der Waals surface area (Å²) < 4.78 is 0. The molecular weight excluding hydrogens is 278 g/mol. The summed E-state index contributed by atoms with van der Waals surface area (Å²) in [6, 6.07) is 1.78. The first-order valence-corrected chi connectivity index (χ1v) is 7.12. The Bertz CT molecular complexity index is 570. The number of carboxylic acids is 1. The van der Waals surface area contributed by atoms with E-state index < -0.39 is 5.97 Å². The lowest BCUT2D eigenvalue weighted by molar-refractivity contribution is -0.140. The smallest absolute Gasteiger partial charge is 0.328 e. The summed E-state index contributed by atoms with van der Waals surface area (Å²) in [5, 5.41) is 10.5. The van der Waals surface area contributed by atoms with E-state index in [0.29, 0.717) is 0 Å². The number of aliphatic carboxylic acids is 1. The molecule has 1 aliphatic rings. The Kier molecular flexibility index (Phi) is 4.04. The number of carbonyl (C=O) groups excluding carboxylic acids is 2. The summed E-state index contributed by atoms with van der Waals surface area (Å²) in [5.74, 6) is -1.94. The van der Waals surface area contributed by atoms with Crippen molar-refractivity contribution in [3.8, 4) is 0 Å². The minimum Gasteiger partial charge on any atom is -0.478 e. The zero-order valence-electron chi connectivity index (χ0n) is 11.2. The highest BCUT2D eigenvalue weighted by Crippen LogP contribution is 2.29. The number of thiophene rings is 1. The first kappa shape index (κ1) is 14.5. The van der Waals surface area contributed by atoms with Crippen LogP contribution in [0.4, 0.5) is 0 Å². The monoisotopic (exact) mass is 293 g/mol. The molecule has 5 nitrogen and oxygen atoms in total. The van der Waals surface area contributed by atoms with E-state index in [0.717, 1.165) is 16.5 Å². The van der Waals surface area contributed by atoms with Crippen molar-refractivity contribution in [3.63, 3.8) is 0 Å². The largest absolute Gasteiger partial charge is 0.478 e. The highest BCUT2D eigenvalue weighted by atomic mass is 32.1. The van der Waals surface area contributed by atoms with Crippen LogP contribution in [0.25, 0.3) is 6.08 Å². The van der Waals surface area contributed by atoms with Crippen LogP contribution >= 0.6 is 11.3 Å². The molecule has 6 heteroatoms. The van der Waals surface area contributed by atoms with E-state index in [1.54, 1.807) is 19.9 Å². The first-order valence-electron chi connectivity index (χ1n) is 6.24. The molecule has 2 amide bonds. The molecule has 2 rings (SSSR count). The maximum Gasteiger partial charge on any atom is 0.328 e. The molecule has 1 aromatic heterocycles. The number of amides is 2. The predicted octanol–water partition coefficient (Wildman–Crippen LogP) is 1.99. The van der Waals surface area contributed by atoms with Gasteiger partial charge in [-0.1, -0.05) is 13.8 Å². The summed E-state index contributed by atoms with van der Waals surface area (Å²) in [7, 11) is 0. The van der Waals surface area contributed by atoms with Crippen LogP contribution in [0.15, 0.2) is 17.5 Å². The Morgan fingerprint density at radius 1 is 1.35 bits per heavy atom. The summed E-state index contributed by atoms with van der Waals surface area (Å²) in [5.41, 5.74) is 0.727. The van der Waals surface area contributed by atoms with Crippen molar-refractivity contribution in [2.45, 2.75) is 20.4 Å². The molecule has 1 N–H and O–H groups in total. The summed E-state index contributed by atoms with van der Waals surface area (Å²) in [6.07, 6.45) is 2.52. The SMILES string of the molecule is CC1C(=O)N(Cc2sccc2C=CC(=O)O)C(=O)C1C. The van der Waals surface area contributed by atoms with Crippen molar-refractivity contribution in [2.75, 3.05) is 0 Å². The molecule has 0 bridgehead atoms. The minimum absolute atomic E-state index is 0.163. The quantitative estimate of drug-likeness (QED) is 0.680. The van der Waals surface area contributed by atoms with Gasteiger partial charge in [0, 0.05) is 22.8 Å². The molecule has 0 aliphatic carbocycles. The number of hydrogen-bond acceptors (Lipinski definition) is 4. The Labute approximate surface area is 120 Å². The van der Waals surface area contributed by atoms with Crippen LogP contribution in [-0.2, 0) is 20.9 Å². The molecule has 0 aromatic carbocycles. The van der Waals surface area contributed by atoms with Crippen LogP contribution in [0.5, 0.6) is 0 Å². The molecule has 2 unspecified atom stereocenters. The van der Waals surface area contributed by atoms with E-state index in [1.165, 1.54) is 22.3 Å². The number of likely N-dealkylation sites (tertiary alicyclic amines) is 1. The Balaban J connectivity index is 2.19. The maximum absolute atomic E-state index is 12.0.